The van der Waals surface area contributed by atoms with Crippen LogP contribution >= 0.6 is 22.7 Å². The number of hydrogen-bond donors (Lipinski definition) is 2. The number of nitrogens with two attached hydrogens (primary N) is 1. The third-order valence-corrected chi connectivity index (χ3v) is 5.58. The van der Waals surface area contributed by atoms with Crippen molar-refractivity contribution in [2.75, 3.05) is 5.73 Å². The van der Waals surface area contributed by atoms with Crippen molar-refractivity contribution < 1.29 is 9.21 Å². The van der Waals surface area contributed by atoms with E-state index in [1.54, 1.807) is 23.7 Å². The van der Waals surface area contributed by atoms with Gasteiger partial charge < -0.3 is 15.5 Å². The monoisotopic (exact) mass is 355 g/mol. The SMILES string of the molecule is Nc1c(C(=O)NCc2ccco2)sc2nc(-c3cccs3)ccc12. The van der Waals surface area contributed by atoms with Crippen LogP contribution < -0.4 is 11.1 Å². The molecule has 3 N–H and O–H groups in total. The quantitative estimate of drug-likeness (QED) is 0.577. The van der Waals surface area contributed by atoms with E-state index >= 15 is 0 Å². The number of hydrogen-bond acceptors (Lipinski definition) is 6. The van der Waals surface area contributed by atoms with E-state index in [-0.39, 0.29) is 5.91 Å². The number of rotatable bonds is 4. The largest absolute Gasteiger partial charge is 0.467 e. The second-order valence-electron chi connectivity index (χ2n) is 5.13. The highest BCUT2D eigenvalue weighted by Gasteiger charge is 2.18. The fourth-order valence-corrected chi connectivity index (χ4v) is 4.09. The first-order valence-electron chi connectivity index (χ1n) is 7.26. The van der Waals surface area contributed by atoms with E-state index < -0.39 is 0 Å². The van der Waals surface area contributed by atoms with Crippen molar-refractivity contribution in [2.45, 2.75) is 6.54 Å². The van der Waals surface area contributed by atoms with Gasteiger partial charge in [0.05, 0.1) is 29.1 Å². The molecular weight excluding hydrogens is 342 g/mol. The molecule has 7 heteroatoms. The number of nitrogens with zero attached hydrogens (tertiary/aromatic N) is 1. The van der Waals surface area contributed by atoms with Gasteiger partial charge in [-0.3, -0.25) is 4.79 Å². The van der Waals surface area contributed by atoms with Gasteiger partial charge in [-0.1, -0.05) is 6.07 Å². The highest BCUT2D eigenvalue weighted by Crippen LogP contribution is 2.34. The molecule has 1 amide bonds. The number of nitrogen functional groups attached to an aromatic ring is 1. The first-order chi connectivity index (χ1) is 11.7. The molecule has 0 spiro atoms. The maximum Gasteiger partial charge on any atom is 0.263 e. The van der Waals surface area contributed by atoms with Crippen molar-refractivity contribution >= 4 is 44.5 Å². The van der Waals surface area contributed by atoms with Crippen molar-refractivity contribution in [3.63, 3.8) is 0 Å². The summed E-state index contributed by atoms with van der Waals surface area (Å²) in [5.41, 5.74) is 7.51. The van der Waals surface area contributed by atoms with E-state index in [9.17, 15) is 4.79 Å². The average Bonchev–Trinajstić information content (AvgIpc) is 3.34. The molecule has 4 rings (SSSR count). The first-order valence-corrected chi connectivity index (χ1v) is 8.95. The van der Waals surface area contributed by atoms with Gasteiger partial charge in [0, 0.05) is 5.39 Å². The minimum atomic E-state index is -0.218. The third kappa shape index (κ3) is 2.68. The van der Waals surface area contributed by atoms with Crippen LogP contribution in [0, 0.1) is 0 Å². The van der Waals surface area contributed by atoms with Crippen LogP contribution in [0.25, 0.3) is 20.8 Å². The molecule has 0 radical (unpaired) electrons. The zero-order valence-corrected chi connectivity index (χ0v) is 14.1. The van der Waals surface area contributed by atoms with Crippen LogP contribution in [0.1, 0.15) is 15.4 Å². The number of nitrogens with one attached hydrogen (secondary N) is 1. The van der Waals surface area contributed by atoms with Gasteiger partial charge in [0.1, 0.15) is 15.5 Å². The van der Waals surface area contributed by atoms with Crippen LogP contribution in [0.15, 0.2) is 52.5 Å². The van der Waals surface area contributed by atoms with Crippen LogP contribution in [0.5, 0.6) is 0 Å². The van der Waals surface area contributed by atoms with Gasteiger partial charge >= 0.3 is 0 Å². The molecule has 4 heterocycles. The molecule has 0 saturated carbocycles. The molecule has 0 aromatic carbocycles. The van der Waals surface area contributed by atoms with E-state index in [0.717, 1.165) is 20.8 Å². The summed E-state index contributed by atoms with van der Waals surface area (Å²) >= 11 is 2.94. The summed E-state index contributed by atoms with van der Waals surface area (Å²) in [6.45, 7) is 0.327. The zero-order chi connectivity index (χ0) is 16.5. The number of aromatic nitrogens is 1. The number of furan rings is 1. The van der Waals surface area contributed by atoms with Gasteiger partial charge in [-0.05, 0) is 35.7 Å². The standard InChI is InChI=1S/C17H13N3O2S2/c18-14-11-5-6-12(13-4-2-8-23-13)20-17(11)24-15(14)16(21)19-9-10-3-1-7-22-10/h1-8H,9,18H2,(H,19,21). The Morgan fingerprint density at radius 3 is 2.92 bits per heavy atom. The number of pyridine rings is 1. The Kier molecular flexibility index (Phi) is 3.79. The molecule has 0 aliphatic carbocycles. The lowest BCUT2D eigenvalue weighted by Gasteiger charge is -2.01. The lowest BCUT2D eigenvalue weighted by atomic mass is 10.2. The summed E-state index contributed by atoms with van der Waals surface area (Å²) < 4.78 is 5.21. The highest BCUT2D eigenvalue weighted by molar-refractivity contribution is 7.21. The molecule has 0 bridgehead atoms. The maximum absolute atomic E-state index is 12.4. The van der Waals surface area contributed by atoms with Crippen molar-refractivity contribution in [3.05, 3.63) is 58.7 Å². The predicted octanol–water partition coefficient (Wildman–Crippen LogP) is 4.13. The molecule has 4 aromatic rings. The van der Waals surface area contributed by atoms with Crippen LogP contribution in [0.4, 0.5) is 5.69 Å². The third-order valence-electron chi connectivity index (χ3n) is 3.58. The Balaban J connectivity index is 1.63. The molecule has 0 fully saturated rings. The van der Waals surface area contributed by atoms with E-state index in [1.165, 1.54) is 11.3 Å². The van der Waals surface area contributed by atoms with Crippen molar-refractivity contribution in [2.24, 2.45) is 0 Å². The Morgan fingerprint density at radius 2 is 2.17 bits per heavy atom. The number of fused-ring (bicyclic) bond motifs is 1. The Hall–Kier alpha value is -2.64. The predicted molar refractivity (Wildman–Crippen MR) is 97.2 cm³/mol. The summed E-state index contributed by atoms with van der Waals surface area (Å²) in [7, 11) is 0. The van der Waals surface area contributed by atoms with Crippen LogP contribution in [0.2, 0.25) is 0 Å². The van der Waals surface area contributed by atoms with Crippen LogP contribution in [-0.4, -0.2) is 10.9 Å². The average molecular weight is 355 g/mol. The normalized spacial score (nSPS) is 11.0. The van der Waals surface area contributed by atoms with Crippen molar-refractivity contribution in [3.8, 4) is 10.6 Å². The fourth-order valence-electron chi connectivity index (χ4n) is 2.39. The summed E-state index contributed by atoms with van der Waals surface area (Å²) in [6.07, 6.45) is 1.57. The summed E-state index contributed by atoms with van der Waals surface area (Å²) in [5.74, 6) is 0.478. The maximum atomic E-state index is 12.4. The smallest absolute Gasteiger partial charge is 0.263 e. The molecule has 4 aromatic heterocycles. The molecule has 0 atom stereocenters. The Morgan fingerprint density at radius 1 is 1.25 bits per heavy atom. The Labute approximate surface area is 145 Å². The molecule has 0 unspecified atom stereocenters. The molecule has 0 saturated heterocycles. The lowest BCUT2D eigenvalue weighted by Crippen LogP contribution is -2.22. The number of thiophene rings is 2. The second-order valence-corrected chi connectivity index (χ2v) is 7.08. The second kappa shape index (κ2) is 6.10. The number of carbonyl (C=O) groups is 1. The van der Waals surface area contributed by atoms with Gasteiger partial charge in [0.25, 0.3) is 5.91 Å². The summed E-state index contributed by atoms with van der Waals surface area (Å²) in [6, 6.07) is 11.5. The van der Waals surface area contributed by atoms with Gasteiger partial charge in [-0.25, -0.2) is 4.98 Å². The summed E-state index contributed by atoms with van der Waals surface area (Å²) in [5, 5.41) is 5.64. The van der Waals surface area contributed by atoms with E-state index in [0.29, 0.717) is 22.9 Å². The molecule has 120 valence electrons. The minimum Gasteiger partial charge on any atom is -0.467 e. The summed E-state index contributed by atoms with van der Waals surface area (Å²) in [4.78, 5) is 19.4. The topological polar surface area (TPSA) is 81.2 Å². The molecule has 0 aliphatic rings. The molecular formula is C17H13N3O2S2. The van der Waals surface area contributed by atoms with E-state index in [1.807, 2.05) is 35.7 Å². The molecule has 0 aliphatic heterocycles. The van der Waals surface area contributed by atoms with Crippen molar-refractivity contribution in [1.29, 1.82) is 0 Å². The van der Waals surface area contributed by atoms with Crippen LogP contribution in [0.3, 0.4) is 0 Å². The van der Waals surface area contributed by atoms with Gasteiger partial charge in [-0.2, -0.15) is 0 Å². The number of amides is 1. The minimum absolute atomic E-state index is 0.218. The number of carbonyl (C=O) groups excluding carboxylic acids is 1. The van der Waals surface area contributed by atoms with E-state index in [2.05, 4.69) is 10.3 Å². The Bertz CT molecular complexity index is 989. The number of anilines is 1. The lowest BCUT2D eigenvalue weighted by molar-refractivity contribution is 0.0953. The highest BCUT2D eigenvalue weighted by atomic mass is 32.1. The van der Waals surface area contributed by atoms with E-state index in [4.69, 9.17) is 10.2 Å². The van der Waals surface area contributed by atoms with Crippen LogP contribution in [-0.2, 0) is 6.54 Å². The van der Waals surface area contributed by atoms with Crippen molar-refractivity contribution in [1.82, 2.24) is 10.3 Å². The molecule has 5 nitrogen and oxygen atoms in total. The molecule has 24 heavy (non-hydrogen) atoms. The van der Waals surface area contributed by atoms with Gasteiger partial charge in [-0.15, -0.1) is 22.7 Å². The fraction of sp³-hybridized carbons (Fsp3) is 0.0588. The van der Waals surface area contributed by atoms with Gasteiger partial charge in [0.15, 0.2) is 0 Å². The zero-order valence-electron chi connectivity index (χ0n) is 12.5. The first kappa shape index (κ1) is 14.9. The van der Waals surface area contributed by atoms with Gasteiger partial charge in [0.2, 0.25) is 0 Å².